The van der Waals surface area contributed by atoms with Gasteiger partial charge in [0.2, 0.25) is 0 Å². The second-order valence-corrected chi connectivity index (χ2v) is 5.30. The van der Waals surface area contributed by atoms with Crippen molar-refractivity contribution in [2.45, 2.75) is 31.7 Å². The van der Waals surface area contributed by atoms with Gasteiger partial charge in [-0.2, -0.15) is 0 Å². The average molecular weight is 298 g/mol. The summed E-state index contributed by atoms with van der Waals surface area (Å²) in [7, 11) is 2.14. The number of carbonyl (C=O) groups excluding carboxylic acids is 1. The third-order valence-corrected chi connectivity index (χ3v) is 3.87. The number of halogens is 1. The van der Waals surface area contributed by atoms with Crippen LogP contribution in [0.1, 0.15) is 36.0 Å². The van der Waals surface area contributed by atoms with Crippen LogP contribution >= 0.6 is 12.4 Å². The lowest BCUT2D eigenvalue weighted by Crippen LogP contribution is -2.37. The lowest BCUT2D eigenvalue weighted by atomic mass is 10.2. The quantitative estimate of drug-likeness (QED) is 0.820. The first kappa shape index (κ1) is 16.8. The molecule has 0 bridgehead atoms. The van der Waals surface area contributed by atoms with Gasteiger partial charge in [-0.05, 0) is 44.2 Å². The summed E-state index contributed by atoms with van der Waals surface area (Å²) in [5.41, 5.74) is 6.94. The van der Waals surface area contributed by atoms with Crippen LogP contribution in [0.5, 0.6) is 0 Å². The number of nitrogens with zero attached hydrogens (tertiary/aromatic N) is 1. The molecule has 1 aliphatic rings. The maximum absolute atomic E-state index is 11.9. The van der Waals surface area contributed by atoms with E-state index in [1.807, 2.05) is 0 Å². The fraction of sp³-hybridized carbons (Fsp3) is 0.533. The maximum Gasteiger partial charge on any atom is 0.251 e. The topological polar surface area (TPSA) is 58.4 Å². The van der Waals surface area contributed by atoms with E-state index in [9.17, 15) is 4.79 Å². The van der Waals surface area contributed by atoms with Crippen molar-refractivity contribution in [1.82, 2.24) is 10.2 Å². The first-order valence-electron chi connectivity index (χ1n) is 7.01. The number of nitrogens with one attached hydrogen (secondary N) is 1. The minimum absolute atomic E-state index is 0. The lowest BCUT2D eigenvalue weighted by Gasteiger charge is -2.23. The first-order chi connectivity index (χ1) is 9.16. The number of nitrogens with two attached hydrogens (primary N) is 1. The Morgan fingerprint density at radius 2 is 1.90 bits per heavy atom. The number of hydrogen-bond acceptors (Lipinski definition) is 3. The predicted molar refractivity (Wildman–Crippen MR) is 85.3 cm³/mol. The van der Waals surface area contributed by atoms with Gasteiger partial charge in [-0.1, -0.05) is 12.8 Å². The number of hydrogen-bond donors (Lipinski definition) is 2. The van der Waals surface area contributed by atoms with Gasteiger partial charge in [-0.3, -0.25) is 4.79 Å². The van der Waals surface area contributed by atoms with Crippen molar-refractivity contribution in [2.24, 2.45) is 0 Å². The molecule has 1 fully saturated rings. The summed E-state index contributed by atoms with van der Waals surface area (Å²) in [6, 6.07) is 7.71. The van der Waals surface area contributed by atoms with Crippen molar-refractivity contribution in [1.29, 1.82) is 0 Å². The minimum Gasteiger partial charge on any atom is -0.399 e. The molecule has 0 heterocycles. The highest BCUT2D eigenvalue weighted by atomic mass is 35.5. The highest BCUT2D eigenvalue weighted by Gasteiger charge is 2.18. The zero-order valence-electron chi connectivity index (χ0n) is 12.0. The van der Waals surface area contributed by atoms with Crippen LogP contribution in [0, 0.1) is 0 Å². The number of carbonyl (C=O) groups is 1. The van der Waals surface area contributed by atoms with E-state index in [4.69, 9.17) is 5.73 Å². The molecule has 0 aromatic heterocycles. The second-order valence-electron chi connectivity index (χ2n) is 5.30. The van der Waals surface area contributed by atoms with Crippen LogP contribution in [0.15, 0.2) is 24.3 Å². The van der Waals surface area contributed by atoms with Crippen molar-refractivity contribution >= 4 is 24.0 Å². The number of rotatable bonds is 5. The molecule has 1 saturated carbocycles. The van der Waals surface area contributed by atoms with E-state index in [2.05, 4.69) is 17.3 Å². The number of nitrogen functional groups attached to an aromatic ring is 1. The van der Waals surface area contributed by atoms with E-state index in [0.29, 0.717) is 23.8 Å². The molecule has 3 N–H and O–H groups in total. The van der Waals surface area contributed by atoms with Gasteiger partial charge in [0, 0.05) is 30.4 Å². The van der Waals surface area contributed by atoms with Crippen LogP contribution in [-0.4, -0.2) is 37.0 Å². The summed E-state index contributed by atoms with van der Waals surface area (Å²) >= 11 is 0. The zero-order chi connectivity index (χ0) is 13.7. The van der Waals surface area contributed by atoms with Crippen molar-refractivity contribution in [3.8, 4) is 0 Å². The van der Waals surface area contributed by atoms with Crippen LogP contribution in [0.25, 0.3) is 0 Å². The Kier molecular flexibility index (Phi) is 6.82. The van der Waals surface area contributed by atoms with Crippen LogP contribution in [0.3, 0.4) is 0 Å². The number of anilines is 1. The SMILES string of the molecule is CN(CCNC(=O)c1ccc(N)cc1)C1CCCC1.Cl. The van der Waals surface area contributed by atoms with E-state index in [1.54, 1.807) is 24.3 Å². The molecule has 0 atom stereocenters. The van der Waals surface area contributed by atoms with Gasteiger partial charge < -0.3 is 16.0 Å². The largest absolute Gasteiger partial charge is 0.399 e. The van der Waals surface area contributed by atoms with Gasteiger partial charge >= 0.3 is 0 Å². The Hall–Kier alpha value is -1.26. The molecule has 1 amide bonds. The Morgan fingerprint density at radius 1 is 1.30 bits per heavy atom. The van der Waals surface area contributed by atoms with Crippen molar-refractivity contribution < 1.29 is 4.79 Å². The van der Waals surface area contributed by atoms with Crippen molar-refractivity contribution in [3.63, 3.8) is 0 Å². The smallest absolute Gasteiger partial charge is 0.251 e. The number of benzene rings is 1. The predicted octanol–water partition coefficient (Wildman–Crippen LogP) is 2.29. The summed E-state index contributed by atoms with van der Waals surface area (Å²) in [6.45, 7) is 1.60. The van der Waals surface area contributed by atoms with E-state index in [-0.39, 0.29) is 18.3 Å². The molecule has 0 aliphatic heterocycles. The van der Waals surface area contributed by atoms with E-state index in [0.717, 1.165) is 6.54 Å². The monoisotopic (exact) mass is 297 g/mol. The van der Waals surface area contributed by atoms with Crippen molar-refractivity contribution in [2.75, 3.05) is 25.9 Å². The molecule has 0 saturated heterocycles. The van der Waals surface area contributed by atoms with Gasteiger partial charge in [0.15, 0.2) is 0 Å². The van der Waals surface area contributed by atoms with Gasteiger partial charge in [-0.25, -0.2) is 0 Å². The standard InChI is InChI=1S/C15H23N3O.ClH/c1-18(14-4-2-3-5-14)11-10-17-15(19)12-6-8-13(16)9-7-12;/h6-9,14H,2-5,10-11,16H2,1H3,(H,17,19);1H. The highest BCUT2D eigenvalue weighted by molar-refractivity contribution is 5.94. The Bertz CT molecular complexity index is 416. The summed E-state index contributed by atoms with van der Waals surface area (Å²) in [5.74, 6) is -0.0279. The van der Waals surface area contributed by atoms with E-state index < -0.39 is 0 Å². The average Bonchev–Trinajstić information content (AvgIpc) is 2.93. The number of amides is 1. The van der Waals surface area contributed by atoms with Gasteiger partial charge in [0.1, 0.15) is 0 Å². The van der Waals surface area contributed by atoms with Crippen LogP contribution in [0.2, 0.25) is 0 Å². The minimum atomic E-state index is -0.0279. The Balaban J connectivity index is 0.00000200. The molecule has 1 aromatic rings. The summed E-state index contributed by atoms with van der Waals surface area (Å²) in [4.78, 5) is 14.2. The normalized spacial score (nSPS) is 15.1. The highest BCUT2D eigenvalue weighted by Crippen LogP contribution is 2.21. The van der Waals surface area contributed by atoms with E-state index in [1.165, 1.54) is 25.7 Å². The molecule has 1 aliphatic carbocycles. The Labute approximate surface area is 127 Å². The summed E-state index contributed by atoms with van der Waals surface area (Å²) in [6.07, 6.45) is 5.27. The third-order valence-electron chi connectivity index (χ3n) is 3.87. The van der Waals surface area contributed by atoms with Crippen molar-refractivity contribution in [3.05, 3.63) is 29.8 Å². The molecule has 112 valence electrons. The summed E-state index contributed by atoms with van der Waals surface area (Å²) < 4.78 is 0. The lowest BCUT2D eigenvalue weighted by molar-refractivity contribution is 0.0947. The van der Waals surface area contributed by atoms with Gasteiger partial charge in [0.25, 0.3) is 5.91 Å². The van der Waals surface area contributed by atoms with Gasteiger partial charge in [0.05, 0.1) is 0 Å². The van der Waals surface area contributed by atoms with Crippen LogP contribution < -0.4 is 11.1 Å². The molecule has 1 aromatic carbocycles. The Morgan fingerprint density at radius 3 is 2.50 bits per heavy atom. The van der Waals surface area contributed by atoms with Gasteiger partial charge in [-0.15, -0.1) is 12.4 Å². The molecule has 2 rings (SSSR count). The fourth-order valence-corrected chi connectivity index (χ4v) is 2.61. The number of likely N-dealkylation sites (N-methyl/N-ethyl adjacent to an activating group) is 1. The molecular formula is C15H24ClN3O. The third kappa shape index (κ3) is 4.69. The molecular weight excluding hydrogens is 274 g/mol. The molecule has 0 unspecified atom stereocenters. The molecule has 0 radical (unpaired) electrons. The molecule has 4 nitrogen and oxygen atoms in total. The van der Waals surface area contributed by atoms with E-state index >= 15 is 0 Å². The maximum atomic E-state index is 11.9. The van der Waals surface area contributed by atoms with Crippen LogP contribution in [-0.2, 0) is 0 Å². The first-order valence-corrected chi connectivity index (χ1v) is 7.01. The zero-order valence-corrected chi connectivity index (χ0v) is 12.8. The van der Waals surface area contributed by atoms with Crippen LogP contribution in [0.4, 0.5) is 5.69 Å². The molecule has 0 spiro atoms. The molecule has 20 heavy (non-hydrogen) atoms. The molecule has 5 heteroatoms. The summed E-state index contributed by atoms with van der Waals surface area (Å²) in [5, 5.41) is 2.95. The second kappa shape index (κ2) is 8.12. The fourth-order valence-electron chi connectivity index (χ4n) is 2.61.